The van der Waals surface area contributed by atoms with Crippen molar-refractivity contribution in [2.24, 2.45) is 5.16 Å². The Morgan fingerprint density at radius 1 is 1.26 bits per heavy atom. The lowest BCUT2D eigenvalue weighted by atomic mass is 10.1. The van der Waals surface area contributed by atoms with Crippen molar-refractivity contribution >= 4 is 74.1 Å². The Labute approximate surface area is 214 Å². The van der Waals surface area contributed by atoms with Gasteiger partial charge in [-0.25, -0.2) is 14.0 Å². The standard InChI is InChI=1S/C20H12BrCl2FN6O3S/c21-12-6-10(4-5-15(12)24)28-32-25-8-16-19(30-33-29-16)27-20(31)17-9-34-18(26-17)7-11-13(22)2-1-3-14(11)23/h1-6,8-9,28H,7H2,(H,27,30,31)/b25-8+. The first-order valence-electron chi connectivity index (χ1n) is 9.32. The summed E-state index contributed by atoms with van der Waals surface area (Å²) in [6.07, 6.45) is 1.55. The summed E-state index contributed by atoms with van der Waals surface area (Å²) in [5, 5.41) is 16.8. The Morgan fingerprint density at radius 3 is 2.82 bits per heavy atom. The third-order valence-corrected chi connectivity index (χ3v) is 6.40. The van der Waals surface area contributed by atoms with Gasteiger partial charge in [-0.15, -0.1) is 11.3 Å². The predicted molar refractivity (Wildman–Crippen MR) is 130 cm³/mol. The van der Waals surface area contributed by atoms with Crippen molar-refractivity contribution in [2.45, 2.75) is 6.42 Å². The highest BCUT2D eigenvalue weighted by molar-refractivity contribution is 9.10. The average molecular weight is 586 g/mol. The fourth-order valence-corrected chi connectivity index (χ4v) is 4.30. The maximum absolute atomic E-state index is 13.3. The summed E-state index contributed by atoms with van der Waals surface area (Å²) >= 11 is 16.8. The number of carbonyl (C=O) groups excluding carboxylic acids is 1. The van der Waals surface area contributed by atoms with Crippen LogP contribution in [0.5, 0.6) is 0 Å². The van der Waals surface area contributed by atoms with Gasteiger partial charge in [0.1, 0.15) is 17.7 Å². The van der Waals surface area contributed by atoms with Crippen molar-refractivity contribution in [1.29, 1.82) is 0 Å². The van der Waals surface area contributed by atoms with Gasteiger partial charge in [-0.1, -0.05) is 34.4 Å². The van der Waals surface area contributed by atoms with E-state index in [1.165, 1.54) is 35.8 Å². The number of nitrogens with zero attached hydrogens (tertiary/aromatic N) is 4. The van der Waals surface area contributed by atoms with Crippen LogP contribution < -0.4 is 10.8 Å². The maximum atomic E-state index is 13.3. The van der Waals surface area contributed by atoms with Crippen molar-refractivity contribution in [3.05, 3.63) is 84.1 Å². The maximum Gasteiger partial charge on any atom is 0.276 e. The molecule has 2 N–H and O–H groups in total. The third kappa shape index (κ3) is 5.89. The van der Waals surface area contributed by atoms with Gasteiger partial charge in [0.15, 0.2) is 5.69 Å². The summed E-state index contributed by atoms with van der Waals surface area (Å²) in [5.41, 5.74) is 3.97. The van der Waals surface area contributed by atoms with Gasteiger partial charge < -0.3 is 5.32 Å². The Balaban J connectivity index is 1.36. The number of aromatic nitrogens is 3. The highest BCUT2D eigenvalue weighted by atomic mass is 79.9. The van der Waals surface area contributed by atoms with Crippen molar-refractivity contribution in [3.63, 3.8) is 0 Å². The normalized spacial score (nSPS) is 11.1. The van der Waals surface area contributed by atoms with E-state index in [4.69, 9.17) is 28.1 Å². The molecule has 174 valence electrons. The number of anilines is 2. The van der Waals surface area contributed by atoms with Crippen LogP contribution in [0.1, 0.15) is 26.8 Å². The Hall–Kier alpha value is -3.06. The van der Waals surface area contributed by atoms with E-state index < -0.39 is 11.7 Å². The van der Waals surface area contributed by atoms with Gasteiger partial charge in [0.2, 0.25) is 5.82 Å². The SMILES string of the molecule is O=C(Nc1nonc1/C=N/ONc1ccc(F)c(Br)c1)c1csc(Cc2c(Cl)cccc2Cl)n1. The molecule has 34 heavy (non-hydrogen) atoms. The van der Waals surface area contributed by atoms with Crippen LogP contribution in [-0.4, -0.2) is 27.4 Å². The van der Waals surface area contributed by atoms with E-state index in [0.29, 0.717) is 27.2 Å². The van der Waals surface area contributed by atoms with Crippen LogP contribution in [0.15, 0.2) is 56.0 Å². The molecule has 9 nitrogen and oxygen atoms in total. The van der Waals surface area contributed by atoms with Gasteiger partial charge >= 0.3 is 0 Å². The molecule has 0 aliphatic rings. The van der Waals surface area contributed by atoms with Crippen molar-refractivity contribution in [3.8, 4) is 0 Å². The minimum atomic E-state index is -0.520. The zero-order valence-electron chi connectivity index (χ0n) is 16.8. The van der Waals surface area contributed by atoms with Crippen LogP contribution in [0.25, 0.3) is 0 Å². The topological polar surface area (TPSA) is 115 Å². The molecule has 0 bridgehead atoms. The second kappa shape index (κ2) is 10.9. The molecule has 14 heteroatoms. The number of carbonyl (C=O) groups is 1. The van der Waals surface area contributed by atoms with E-state index in [0.717, 1.165) is 5.56 Å². The molecule has 2 aromatic carbocycles. The van der Waals surface area contributed by atoms with E-state index in [1.54, 1.807) is 23.6 Å². The van der Waals surface area contributed by atoms with Gasteiger partial charge in [0.25, 0.3) is 5.91 Å². The molecular weight excluding hydrogens is 574 g/mol. The average Bonchev–Trinajstić information content (AvgIpc) is 3.46. The summed E-state index contributed by atoms with van der Waals surface area (Å²) in [7, 11) is 0. The molecule has 2 heterocycles. The molecule has 2 aromatic heterocycles. The molecule has 0 spiro atoms. The molecule has 0 aliphatic carbocycles. The lowest BCUT2D eigenvalue weighted by Crippen LogP contribution is -2.14. The lowest BCUT2D eigenvalue weighted by molar-refractivity contribution is 0.102. The number of rotatable bonds is 8. The number of hydrogen-bond acceptors (Lipinski definition) is 9. The van der Waals surface area contributed by atoms with Gasteiger partial charge in [0.05, 0.1) is 15.2 Å². The predicted octanol–water partition coefficient (Wildman–Crippen LogP) is 5.96. The fourth-order valence-electron chi connectivity index (χ4n) is 2.60. The molecule has 0 fully saturated rings. The van der Waals surface area contributed by atoms with Crippen LogP contribution in [-0.2, 0) is 11.4 Å². The van der Waals surface area contributed by atoms with Crippen LogP contribution >= 0.6 is 50.5 Å². The fraction of sp³-hybridized carbons (Fsp3) is 0.0500. The smallest absolute Gasteiger partial charge is 0.276 e. The van der Waals surface area contributed by atoms with Crippen LogP contribution in [0.2, 0.25) is 10.0 Å². The number of nitrogens with one attached hydrogen (secondary N) is 2. The number of thiazole rings is 1. The number of hydrogen-bond donors (Lipinski definition) is 2. The first-order valence-corrected chi connectivity index (χ1v) is 11.7. The quantitative estimate of drug-likeness (QED) is 0.194. The molecule has 0 saturated carbocycles. The summed E-state index contributed by atoms with van der Waals surface area (Å²) in [6.45, 7) is 0. The highest BCUT2D eigenvalue weighted by Crippen LogP contribution is 2.28. The summed E-state index contributed by atoms with van der Waals surface area (Å²) in [6, 6.07) is 9.41. The Kier molecular flexibility index (Phi) is 7.73. The van der Waals surface area contributed by atoms with Gasteiger partial charge in [-0.2, -0.15) is 5.48 Å². The summed E-state index contributed by atoms with van der Waals surface area (Å²) < 4.78 is 18.2. The van der Waals surface area contributed by atoms with E-state index in [1.807, 2.05) is 0 Å². The number of amides is 1. The van der Waals surface area contributed by atoms with Crippen LogP contribution in [0.3, 0.4) is 0 Å². The van der Waals surface area contributed by atoms with Crippen molar-refractivity contribution in [1.82, 2.24) is 15.3 Å². The van der Waals surface area contributed by atoms with E-state index in [2.05, 4.69) is 51.8 Å². The van der Waals surface area contributed by atoms with E-state index >= 15 is 0 Å². The highest BCUT2D eigenvalue weighted by Gasteiger charge is 2.17. The minimum absolute atomic E-state index is 0.0191. The zero-order chi connectivity index (χ0) is 24.1. The van der Waals surface area contributed by atoms with E-state index in [9.17, 15) is 9.18 Å². The van der Waals surface area contributed by atoms with Gasteiger partial charge in [-0.05, 0) is 62.1 Å². The molecule has 0 aliphatic heterocycles. The number of benzene rings is 2. The lowest BCUT2D eigenvalue weighted by Gasteiger charge is -2.04. The third-order valence-electron chi connectivity index (χ3n) is 4.23. The number of oxime groups is 1. The second-order valence-electron chi connectivity index (χ2n) is 6.51. The molecule has 0 saturated heterocycles. The largest absolute Gasteiger partial charge is 0.300 e. The first kappa shape index (κ1) is 24.1. The molecular formula is C20H12BrCl2FN6O3S. The molecule has 0 atom stereocenters. The number of halogens is 4. The van der Waals surface area contributed by atoms with Gasteiger partial charge in [-0.3, -0.25) is 9.73 Å². The zero-order valence-corrected chi connectivity index (χ0v) is 20.7. The summed E-state index contributed by atoms with van der Waals surface area (Å²) in [4.78, 5) is 21.9. The second-order valence-corrected chi connectivity index (χ2v) is 9.12. The molecule has 0 unspecified atom stereocenters. The first-order chi connectivity index (χ1) is 16.4. The summed E-state index contributed by atoms with van der Waals surface area (Å²) in [5.74, 6) is -0.915. The minimum Gasteiger partial charge on any atom is -0.300 e. The Morgan fingerprint density at radius 2 is 2.06 bits per heavy atom. The monoisotopic (exact) mass is 584 g/mol. The van der Waals surface area contributed by atoms with Crippen molar-refractivity contribution < 1.29 is 18.8 Å². The van der Waals surface area contributed by atoms with Crippen LogP contribution in [0.4, 0.5) is 15.9 Å². The van der Waals surface area contributed by atoms with Crippen molar-refractivity contribution in [2.75, 3.05) is 10.8 Å². The van der Waals surface area contributed by atoms with Gasteiger partial charge in [0, 0.05) is 21.8 Å². The molecule has 1 amide bonds. The van der Waals surface area contributed by atoms with E-state index in [-0.39, 0.29) is 21.7 Å². The molecule has 4 aromatic rings. The molecule has 4 rings (SSSR count). The Bertz CT molecular complexity index is 1350. The molecule has 0 radical (unpaired) electrons. The van der Waals surface area contributed by atoms with Crippen LogP contribution in [0, 0.1) is 5.82 Å².